The minimum absolute atomic E-state index is 0.138. The fourth-order valence-electron chi connectivity index (χ4n) is 2.61. The van der Waals surface area contributed by atoms with Crippen molar-refractivity contribution in [1.82, 2.24) is 5.32 Å². The molecule has 24 heavy (non-hydrogen) atoms. The van der Waals surface area contributed by atoms with Gasteiger partial charge in [-0.1, -0.05) is 0 Å². The van der Waals surface area contributed by atoms with Crippen molar-refractivity contribution in [2.75, 3.05) is 16.6 Å². The molecule has 0 bridgehead atoms. The average molecular weight is 354 g/mol. The van der Waals surface area contributed by atoms with E-state index in [1.54, 1.807) is 32.0 Å². The van der Waals surface area contributed by atoms with Crippen LogP contribution in [0.4, 0.5) is 5.69 Å². The van der Waals surface area contributed by atoms with Gasteiger partial charge in [0.15, 0.2) is 0 Å². The zero-order valence-corrected chi connectivity index (χ0v) is 14.8. The summed E-state index contributed by atoms with van der Waals surface area (Å²) >= 11 is 0. The van der Waals surface area contributed by atoms with Gasteiger partial charge in [0, 0.05) is 18.2 Å². The molecule has 8 heteroatoms. The van der Waals surface area contributed by atoms with Crippen molar-refractivity contribution in [1.29, 1.82) is 0 Å². The van der Waals surface area contributed by atoms with Crippen LogP contribution in [0.15, 0.2) is 18.2 Å². The Labute approximate surface area is 141 Å². The quantitative estimate of drug-likeness (QED) is 0.831. The molecule has 1 aliphatic rings. The highest BCUT2D eigenvalue weighted by molar-refractivity contribution is 7.93. The summed E-state index contributed by atoms with van der Waals surface area (Å²) in [6.45, 7) is 5.34. The number of aliphatic carboxylic acids is 1. The smallest absolute Gasteiger partial charge is 0.308 e. The fourth-order valence-corrected chi connectivity index (χ4v) is 4.17. The van der Waals surface area contributed by atoms with Crippen molar-refractivity contribution in [3.63, 3.8) is 0 Å². The summed E-state index contributed by atoms with van der Waals surface area (Å²) in [6.07, 6.45) is 0.591. The molecule has 0 aromatic heterocycles. The number of carbonyl (C=O) groups is 2. The van der Waals surface area contributed by atoms with Crippen molar-refractivity contribution in [2.45, 2.75) is 33.2 Å². The number of amides is 1. The molecule has 0 radical (unpaired) electrons. The van der Waals surface area contributed by atoms with E-state index < -0.39 is 28.0 Å². The van der Waals surface area contributed by atoms with E-state index in [2.05, 4.69) is 5.32 Å². The Hall–Kier alpha value is -2.09. The van der Waals surface area contributed by atoms with Gasteiger partial charge in [0.2, 0.25) is 10.0 Å². The van der Waals surface area contributed by atoms with Crippen LogP contribution < -0.4 is 9.62 Å². The second-order valence-electron chi connectivity index (χ2n) is 6.13. The monoisotopic (exact) mass is 354 g/mol. The molecule has 0 saturated carbocycles. The van der Waals surface area contributed by atoms with Gasteiger partial charge in [-0.2, -0.15) is 0 Å². The maximum atomic E-state index is 12.3. The van der Waals surface area contributed by atoms with Gasteiger partial charge in [0.25, 0.3) is 5.91 Å². The molecular formula is C16H22N2O5S. The first-order valence-corrected chi connectivity index (χ1v) is 9.39. The van der Waals surface area contributed by atoms with E-state index in [4.69, 9.17) is 5.11 Å². The van der Waals surface area contributed by atoms with Crippen LogP contribution in [-0.2, 0) is 14.8 Å². The van der Waals surface area contributed by atoms with Crippen LogP contribution >= 0.6 is 0 Å². The number of nitrogens with zero attached hydrogens (tertiary/aromatic N) is 1. The lowest BCUT2D eigenvalue weighted by atomic mass is 10.0. The molecule has 1 heterocycles. The van der Waals surface area contributed by atoms with Gasteiger partial charge in [-0.25, -0.2) is 8.42 Å². The van der Waals surface area contributed by atoms with Gasteiger partial charge in [-0.15, -0.1) is 0 Å². The van der Waals surface area contributed by atoms with Crippen molar-refractivity contribution < 1.29 is 23.1 Å². The van der Waals surface area contributed by atoms with Gasteiger partial charge in [-0.3, -0.25) is 13.9 Å². The maximum Gasteiger partial charge on any atom is 0.308 e. The van der Waals surface area contributed by atoms with Gasteiger partial charge in [0.05, 0.1) is 17.4 Å². The number of benzene rings is 1. The van der Waals surface area contributed by atoms with Gasteiger partial charge in [-0.05, 0) is 51.0 Å². The van der Waals surface area contributed by atoms with Crippen molar-refractivity contribution in [3.8, 4) is 0 Å². The number of carboxylic acid groups (broad SMARTS) is 1. The van der Waals surface area contributed by atoms with E-state index in [-0.39, 0.29) is 11.7 Å². The van der Waals surface area contributed by atoms with Crippen LogP contribution in [0.1, 0.15) is 36.2 Å². The highest BCUT2D eigenvalue weighted by atomic mass is 32.2. The number of carbonyl (C=O) groups excluding carboxylic acids is 1. The van der Waals surface area contributed by atoms with Crippen LogP contribution in [-0.4, -0.2) is 43.7 Å². The third kappa shape index (κ3) is 3.69. The standard InChI is InChI=1S/C16H22N2O5S/c1-10-9-13(18-7-4-8-24(18,22)23)5-6-14(10)15(19)17-12(3)11(2)16(20)21/h5-6,9,11-12H,4,7-8H2,1-3H3,(H,17,19)(H,20,21). The second-order valence-corrected chi connectivity index (χ2v) is 8.14. The minimum Gasteiger partial charge on any atom is -0.481 e. The van der Waals surface area contributed by atoms with E-state index in [1.807, 2.05) is 0 Å². The molecular weight excluding hydrogens is 332 g/mol. The Morgan fingerprint density at radius 2 is 1.96 bits per heavy atom. The van der Waals surface area contributed by atoms with E-state index >= 15 is 0 Å². The molecule has 7 nitrogen and oxygen atoms in total. The molecule has 1 amide bonds. The number of sulfonamides is 1. The molecule has 132 valence electrons. The minimum atomic E-state index is -3.26. The molecule has 0 aliphatic carbocycles. The van der Waals surface area contributed by atoms with Crippen molar-refractivity contribution >= 4 is 27.6 Å². The normalized spacial score (nSPS) is 18.9. The number of aryl methyl sites for hydroxylation is 1. The summed E-state index contributed by atoms with van der Waals surface area (Å²) in [5, 5.41) is 11.7. The first-order valence-electron chi connectivity index (χ1n) is 7.78. The SMILES string of the molecule is Cc1cc(N2CCCS2(=O)=O)ccc1C(=O)NC(C)C(C)C(=O)O. The zero-order valence-electron chi connectivity index (χ0n) is 13.9. The van der Waals surface area contributed by atoms with Gasteiger partial charge >= 0.3 is 5.97 Å². The summed E-state index contributed by atoms with van der Waals surface area (Å²) in [5.74, 6) is -1.92. The van der Waals surface area contributed by atoms with Crippen LogP contribution in [0.3, 0.4) is 0 Å². The Morgan fingerprint density at radius 1 is 1.29 bits per heavy atom. The average Bonchev–Trinajstić information content (AvgIpc) is 2.85. The van der Waals surface area contributed by atoms with E-state index in [9.17, 15) is 18.0 Å². The number of hydrogen-bond acceptors (Lipinski definition) is 4. The lowest BCUT2D eigenvalue weighted by Gasteiger charge is -2.20. The largest absolute Gasteiger partial charge is 0.481 e. The third-order valence-corrected chi connectivity index (χ3v) is 6.21. The molecule has 2 rings (SSSR count). The van der Waals surface area contributed by atoms with Gasteiger partial charge < -0.3 is 10.4 Å². The summed E-state index contributed by atoms with van der Waals surface area (Å²) in [6, 6.07) is 4.33. The summed E-state index contributed by atoms with van der Waals surface area (Å²) in [7, 11) is -3.26. The van der Waals surface area contributed by atoms with Gasteiger partial charge in [0.1, 0.15) is 0 Å². The lowest BCUT2D eigenvalue weighted by molar-refractivity contribution is -0.141. The van der Waals surface area contributed by atoms with Crippen molar-refractivity contribution in [2.24, 2.45) is 5.92 Å². The summed E-state index contributed by atoms with van der Waals surface area (Å²) < 4.78 is 25.3. The van der Waals surface area contributed by atoms with Crippen LogP contribution in [0, 0.1) is 12.8 Å². The van der Waals surface area contributed by atoms with E-state index in [0.717, 1.165) is 0 Å². The molecule has 1 fully saturated rings. The number of hydrogen-bond donors (Lipinski definition) is 2. The maximum absolute atomic E-state index is 12.3. The molecule has 2 N–H and O–H groups in total. The Kier molecular flexibility index (Phi) is 5.17. The topological polar surface area (TPSA) is 104 Å². The predicted molar refractivity (Wildman–Crippen MR) is 90.7 cm³/mol. The Bertz CT molecular complexity index is 760. The number of carboxylic acids is 1. The number of nitrogens with one attached hydrogen (secondary N) is 1. The predicted octanol–water partition coefficient (Wildman–Crippen LogP) is 1.37. The first-order chi connectivity index (χ1) is 11.1. The second kappa shape index (κ2) is 6.80. The molecule has 2 atom stereocenters. The summed E-state index contributed by atoms with van der Waals surface area (Å²) in [4.78, 5) is 23.3. The molecule has 1 aliphatic heterocycles. The van der Waals surface area contributed by atoms with Crippen LogP contribution in [0.5, 0.6) is 0 Å². The highest BCUT2D eigenvalue weighted by Gasteiger charge is 2.29. The van der Waals surface area contributed by atoms with E-state index in [1.165, 1.54) is 11.2 Å². The van der Waals surface area contributed by atoms with Crippen LogP contribution in [0.2, 0.25) is 0 Å². The Morgan fingerprint density at radius 3 is 2.46 bits per heavy atom. The molecule has 0 spiro atoms. The molecule has 2 unspecified atom stereocenters. The molecule has 1 saturated heterocycles. The number of anilines is 1. The Balaban J connectivity index is 2.18. The fraction of sp³-hybridized carbons (Fsp3) is 0.500. The lowest BCUT2D eigenvalue weighted by Crippen LogP contribution is -2.40. The molecule has 1 aromatic rings. The summed E-state index contributed by atoms with van der Waals surface area (Å²) in [5.41, 5.74) is 1.59. The highest BCUT2D eigenvalue weighted by Crippen LogP contribution is 2.26. The molecule has 1 aromatic carbocycles. The van der Waals surface area contributed by atoms with Crippen molar-refractivity contribution in [3.05, 3.63) is 29.3 Å². The first kappa shape index (κ1) is 18.3. The van der Waals surface area contributed by atoms with E-state index in [0.29, 0.717) is 29.8 Å². The number of rotatable bonds is 5. The zero-order chi connectivity index (χ0) is 18.1. The van der Waals surface area contributed by atoms with Crippen LogP contribution in [0.25, 0.3) is 0 Å². The third-order valence-electron chi connectivity index (χ3n) is 4.34.